The van der Waals surface area contributed by atoms with Crippen molar-refractivity contribution in [2.24, 2.45) is 0 Å². The van der Waals surface area contributed by atoms with E-state index in [0.29, 0.717) is 13.2 Å². The number of aliphatic hydroxyl groups is 1. The third-order valence-electron chi connectivity index (χ3n) is 2.77. The fourth-order valence-corrected chi connectivity index (χ4v) is 1.77. The van der Waals surface area contributed by atoms with Gasteiger partial charge in [0.25, 0.3) is 0 Å². The van der Waals surface area contributed by atoms with E-state index in [-0.39, 0.29) is 0 Å². The lowest BCUT2D eigenvalue weighted by Gasteiger charge is -2.31. The molecule has 3 nitrogen and oxygen atoms in total. The third-order valence-corrected chi connectivity index (χ3v) is 2.77. The summed E-state index contributed by atoms with van der Waals surface area (Å²) in [5.41, 5.74) is 2.18. The van der Waals surface area contributed by atoms with Crippen LogP contribution in [0.5, 0.6) is 0 Å². The van der Waals surface area contributed by atoms with Crippen molar-refractivity contribution in [1.29, 1.82) is 0 Å². The summed E-state index contributed by atoms with van der Waals surface area (Å²) in [4.78, 5) is 2.04. The van der Waals surface area contributed by atoms with Crippen molar-refractivity contribution in [2.75, 3.05) is 26.3 Å². The Morgan fingerprint density at radius 3 is 2.40 bits per heavy atom. The third kappa shape index (κ3) is 2.56. The Hall–Kier alpha value is -0.900. The normalized spacial score (nSPS) is 20.1. The molecule has 1 N–H and O–H groups in total. The number of nitrogens with zero attached hydrogens (tertiary/aromatic N) is 1. The molecule has 82 valence electrons. The lowest BCUT2D eigenvalue weighted by Crippen LogP contribution is -2.38. The minimum atomic E-state index is -0.491. The van der Waals surface area contributed by atoms with Gasteiger partial charge in [-0.3, -0.25) is 4.90 Å². The van der Waals surface area contributed by atoms with Crippen LogP contribution in [0.1, 0.15) is 17.4 Å². The van der Waals surface area contributed by atoms with Crippen LogP contribution in [0.3, 0.4) is 0 Å². The van der Waals surface area contributed by atoms with Crippen molar-refractivity contribution in [1.82, 2.24) is 4.90 Å². The van der Waals surface area contributed by atoms with Gasteiger partial charge >= 0.3 is 0 Å². The molecule has 0 amide bonds. The van der Waals surface area contributed by atoms with E-state index in [1.165, 1.54) is 5.56 Å². The molecule has 0 bridgehead atoms. The van der Waals surface area contributed by atoms with Gasteiger partial charge in [-0.1, -0.05) is 29.8 Å². The van der Waals surface area contributed by atoms with Crippen molar-refractivity contribution in [3.8, 4) is 0 Å². The van der Waals surface area contributed by atoms with Crippen LogP contribution in [0.15, 0.2) is 24.3 Å². The van der Waals surface area contributed by atoms with Crippen LogP contribution >= 0.6 is 0 Å². The molecule has 1 aliphatic rings. The van der Waals surface area contributed by atoms with Gasteiger partial charge in [-0.2, -0.15) is 0 Å². The SMILES string of the molecule is Cc1ccc(C(O)N2CCOCC2)cc1. The Balaban J connectivity index is 2.05. The monoisotopic (exact) mass is 207 g/mol. The van der Waals surface area contributed by atoms with Gasteiger partial charge < -0.3 is 9.84 Å². The summed E-state index contributed by atoms with van der Waals surface area (Å²) in [5, 5.41) is 10.1. The molecule has 1 unspecified atom stereocenters. The molecule has 1 saturated heterocycles. The molecule has 15 heavy (non-hydrogen) atoms. The summed E-state index contributed by atoms with van der Waals surface area (Å²) < 4.78 is 5.25. The minimum absolute atomic E-state index is 0.491. The average molecular weight is 207 g/mol. The summed E-state index contributed by atoms with van der Waals surface area (Å²) in [6.45, 7) is 5.07. The van der Waals surface area contributed by atoms with Crippen LogP contribution in [0.25, 0.3) is 0 Å². The van der Waals surface area contributed by atoms with Crippen LogP contribution in [0.2, 0.25) is 0 Å². The number of aliphatic hydroxyl groups excluding tert-OH is 1. The van der Waals surface area contributed by atoms with E-state index in [4.69, 9.17) is 4.74 Å². The second-order valence-corrected chi connectivity index (χ2v) is 3.93. The topological polar surface area (TPSA) is 32.7 Å². The van der Waals surface area contributed by atoms with Gasteiger partial charge in [0, 0.05) is 13.1 Å². The number of hydrogen-bond acceptors (Lipinski definition) is 3. The second kappa shape index (κ2) is 4.75. The van der Waals surface area contributed by atoms with Gasteiger partial charge in [0.1, 0.15) is 6.23 Å². The minimum Gasteiger partial charge on any atom is -0.379 e. The van der Waals surface area contributed by atoms with E-state index in [1.54, 1.807) is 0 Å². The molecule has 1 atom stereocenters. The van der Waals surface area contributed by atoms with E-state index >= 15 is 0 Å². The summed E-state index contributed by atoms with van der Waals surface area (Å²) in [6, 6.07) is 8.02. The van der Waals surface area contributed by atoms with Crippen molar-refractivity contribution < 1.29 is 9.84 Å². The molecule has 1 aliphatic heterocycles. The maximum absolute atomic E-state index is 10.1. The molecule has 0 saturated carbocycles. The second-order valence-electron chi connectivity index (χ2n) is 3.93. The molecule has 1 fully saturated rings. The molecular formula is C12H17NO2. The molecular weight excluding hydrogens is 190 g/mol. The number of aryl methyl sites for hydroxylation is 1. The van der Waals surface area contributed by atoms with Gasteiger partial charge in [-0.15, -0.1) is 0 Å². The first-order valence-electron chi connectivity index (χ1n) is 5.34. The molecule has 0 aromatic heterocycles. The summed E-state index contributed by atoms with van der Waals surface area (Å²) in [7, 11) is 0. The largest absolute Gasteiger partial charge is 0.379 e. The van der Waals surface area contributed by atoms with Gasteiger partial charge in [0.2, 0.25) is 0 Å². The fourth-order valence-electron chi connectivity index (χ4n) is 1.77. The zero-order valence-corrected chi connectivity index (χ0v) is 9.02. The molecule has 0 spiro atoms. The van der Waals surface area contributed by atoms with Crippen molar-refractivity contribution in [2.45, 2.75) is 13.2 Å². The molecule has 2 rings (SSSR count). The summed E-state index contributed by atoms with van der Waals surface area (Å²) in [6.07, 6.45) is -0.491. The number of ether oxygens (including phenoxy) is 1. The molecule has 1 aromatic carbocycles. The smallest absolute Gasteiger partial charge is 0.133 e. The Bertz CT molecular complexity index is 304. The molecule has 1 heterocycles. The van der Waals surface area contributed by atoms with Gasteiger partial charge in [-0.25, -0.2) is 0 Å². The predicted molar refractivity (Wildman–Crippen MR) is 58.5 cm³/mol. The van der Waals surface area contributed by atoms with Crippen LogP contribution in [0, 0.1) is 6.92 Å². The predicted octanol–water partition coefficient (Wildman–Crippen LogP) is 1.32. The maximum atomic E-state index is 10.1. The molecule has 0 aliphatic carbocycles. The first kappa shape index (κ1) is 10.6. The van der Waals surface area contributed by atoms with Crippen molar-refractivity contribution >= 4 is 0 Å². The van der Waals surface area contributed by atoms with Crippen LogP contribution < -0.4 is 0 Å². The standard InChI is InChI=1S/C12H17NO2/c1-10-2-4-11(5-3-10)12(14)13-6-8-15-9-7-13/h2-5,12,14H,6-9H2,1H3. The highest BCUT2D eigenvalue weighted by atomic mass is 16.5. The van der Waals surface area contributed by atoms with E-state index in [2.05, 4.69) is 0 Å². The van der Waals surface area contributed by atoms with Gasteiger partial charge in [-0.05, 0) is 12.5 Å². The number of morpholine rings is 1. The van der Waals surface area contributed by atoms with E-state index in [0.717, 1.165) is 18.7 Å². The fraction of sp³-hybridized carbons (Fsp3) is 0.500. The molecule has 0 radical (unpaired) electrons. The summed E-state index contributed by atoms with van der Waals surface area (Å²) in [5.74, 6) is 0. The highest BCUT2D eigenvalue weighted by Gasteiger charge is 2.19. The van der Waals surface area contributed by atoms with Crippen LogP contribution in [0.4, 0.5) is 0 Å². The lowest BCUT2D eigenvalue weighted by atomic mass is 10.1. The molecule has 1 aromatic rings. The van der Waals surface area contributed by atoms with Crippen LogP contribution in [-0.2, 0) is 4.74 Å². The Kier molecular flexibility index (Phi) is 3.36. The zero-order valence-electron chi connectivity index (χ0n) is 9.02. The van der Waals surface area contributed by atoms with Gasteiger partial charge in [0.05, 0.1) is 13.2 Å². The van der Waals surface area contributed by atoms with E-state index < -0.39 is 6.23 Å². The van der Waals surface area contributed by atoms with Gasteiger partial charge in [0.15, 0.2) is 0 Å². The Labute approximate surface area is 90.3 Å². The molecule has 3 heteroatoms. The van der Waals surface area contributed by atoms with Crippen molar-refractivity contribution in [3.05, 3.63) is 35.4 Å². The quantitative estimate of drug-likeness (QED) is 0.794. The number of rotatable bonds is 2. The highest BCUT2D eigenvalue weighted by Crippen LogP contribution is 2.18. The Morgan fingerprint density at radius 2 is 1.80 bits per heavy atom. The first-order chi connectivity index (χ1) is 7.27. The Morgan fingerprint density at radius 1 is 1.20 bits per heavy atom. The summed E-state index contributed by atoms with van der Waals surface area (Å²) >= 11 is 0. The maximum Gasteiger partial charge on any atom is 0.133 e. The number of hydrogen-bond donors (Lipinski definition) is 1. The van der Waals surface area contributed by atoms with Crippen molar-refractivity contribution in [3.63, 3.8) is 0 Å². The van der Waals surface area contributed by atoms with Crippen LogP contribution in [-0.4, -0.2) is 36.3 Å². The first-order valence-corrected chi connectivity index (χ1v) is 5.34. The van der Waals surface area contributed by atoms with E-state index in [1.807, 2.05) is 36.1 Å². The average Bonchev–Trinajstić information content (AvgIpc) is 2.30. The highest BCUT2D eigenvalue weighted by molar-refractivity contribution is 5.22. The zero-order chi connectivity index (χ0) is 10.7. The number of benzene rings is 1. The lowest BCUT2D eigenvalue weighted by molar-refractivity contribution is -0.0603. The van der Waals surface area contributed by atoms with E-state index in [9.17, 15) is 5.11 Å².